The van der Waals surface area contributed by atoms with Crippen LogP contribution in [0, 0.1) is 0 Å². The summed E-state index contributed by atoms with van der Waals surface area (Å²) in [5, 5.41) is 5.84. The topological polar surface area (TPSA) is 70.2 Å². The van der Waals surface area contributed by atoms with Gasteiger partial charge in [0.15, 0.2) is 0 Å². The molecule has 0 spiro atoms. The lowest BCUT2D eigenvalue weighted by Crippen LogP contribution is -2.49. The van der Waals surface area contributed by atoms with Crippen molar-refractivity contribution in [3.63, 3.8) is 0 Å². The molecule has 0 aliphatic carbocycles. The first-order chi connectivity index (χ1) is 10.1. The standard InChI is InChI=1S/C15H25N5O/c1-10(2)14-18-12(16-3)9-13(19-14)20-8-6-5-7-11(20)15(21)17-4/h9-11H,5-8H2,1-4H3,(H,17,21)(H,16,18,19). The Morgan fingerprint density at radius 1 is 1.33 bits per heavy atom. The quantitative estimate of drug-likeness (QED) is 0.884. The zero-order valence-corrected chi connectivity index (χ0v) is 13.3. The summed E-state index contributed by atoms with van der Waals surface area (Å²) in [5.74, 6) is 2.75. The number of anilines is 2. The van der Waals surface area contributed by atoms with Crippen LogP contribution in [0.25, 0.3) is 0 Å². The zero-order valence-electron chi connectivity index (χ0n) is 13.3. The van der Waals surface area contributed by atoms with Gasteiger partial charge in [0, 0.05) is 32.6 Å². The Hall–Kier alpha value is -1.85. The number of piperidine rings is 1. The third-order valence-electron chi connectivity index (χ3n) is 3.85. The van der Waals surface area contributed by atoms with Crippen LogP contribution in [0.5, 0.6) is 0 Å². The van der Waals surface area contributed by atoms with Gasteiger partial charge < -0.3 is 15.5 Å². The Morgan fingerprint density at radius 2 is 2.10 bits per heavy atom. The molecule has 0 radical (unpaired) electrons. The number of amides is 1. The van der Waals surface area contributed by atoms with Crippen LogP contribution in [-0.4, -0.2) is 42.6 Å². The van der Waals surface area contributed by atoms with E-state index >= 15 is 0 Å². The maximum Gasteiger partial charge on any atom is 0.242 e. The van der Waals surface area contributed by atoms with Gasteiger partial charge in [-0.1, -0.05) is 13.8 Å². The average molecular weight is 291 g/mol. The van der Waals surface area contributed by atoms with Gasteiger partial charge in [0.2, 0.25) is 5.91 Å². The van der Waals surface area contributed by atoms with E-state index in [0.717, 1.165) is 43.3 Å². The highest BCUT2D eigenvalue weighted by Gasteiger charge is 2.29. The normalized spacial score (nSPS) is 18.7. The fraction of sp³-hybridized carbons (Fsp3) is 0.667. The third-order valence-corrected chi connectivity index (χ3v) is 3.85. The summed E-state index contributed by atoms with van der Waals surface area (Å²) in [4.78, 5) is 23.4. The largest absolute Gasteiger partial charge is 0.373 e. The minimum atomic E-state index is -0.136. The molecule has 1 atom stereocenters. The molecule has 1 saturated heterocycles. The van der Waals surface area contributed by atoms with E-state index in [4.69, 9.17) is 0 Å². The van der Waals surface area contributed by atoms with Crippen molar-refractivity contribution in [3.8, 4) is 0 Å². The Kier molecular flexibility index (Phi) is 4.98. The second kappa shape index (κ2) is 6.74. The molecule has 1 aromatic rings. The number of likely N-dealkylation sites (N-methyl/N-ethyl adjacent to an activating group) is 1. The summed E-state index contributed by atoms with van der Waals surface area (Å²) >= 11 is 0. The van der Waals surface area contributed by atoms with Gasteiger partial charge >= 0.3 is 0 Å². The van der Waals surface area contributed by atoms with Gasteiger partial charge in [0.1, 0.15) is 23.5 Å². The molecule has 1 aromatic heterocycles. The highest BCUT2D eigenvalue weighted by molar-refractivity contribution is 5.85. The van der Waals surface area contributed by atoms with Gasteiger partial charge in [-0.2, -0.15) is 0 Å². The summed E-state index contributed by atoms with van der Waals surface area (Å²) in [6.07, 6.45) is 3.04. The summed E-state index contributed by atoms with van der Waals surface area (Å²) in [7, 11) is 3.54. The first-order valence-electron chi connectivity index (χ1n) is 7.61. The van der Waals surface area contributed by atoms with Crippen molar-refractivity contribution in [3.05, 3.63) is 11.9 Å². The molecule has 1 unspecified atom stereocenters. The number of hydrogen-bond donors (Lipinski definition) is 2. The second-order valence-electron chi connectivity index (χ2n) is 5.69. The van der Waals surface area contributed by atoms with Crippen molar-refractivity contribution in [2.45, 2.75) is 45.1 Å². The van der Waals surface area contributed by atoms with Crippen molar-refractivity contribution >= 4 is 17.5 Å². The summed E-state index contributed by atoms with van der Waals surface area (Å²) < 4.78 is 0. The molecule has 21 heavy (non-hydrogen) atoms. The molecular weight excluding hydrogens is 266 g/mol. The van der Waals surface area contributed by atoms with E-state index in [0.29, 0.717) is 0 Å². The van der Waals surface area contributed by atoms with Crippen molar-refractivity contribution in [1.82, 2.24) is 15.3 Å². The highest BCUT2D eigenvalue weighted by Crippen LogP contribution is 2.26. The van der Waals surface area contributed by atoms with E-state index < -0.39 is 0 Å². The number of carbonyl (C=O) groups excluding carboxylic acids is 1. The van der Waals surface area contributed by atoms with Crippen molar-refractivity contribution in [1.29, 1.82) is 0 Å². The molecule has 1 fully saturated rings. The number of nitrogens with one attached hydrogen (secondary N) is 2. The summed E-state index contributed by atoms with van der Waals surface area (Å²) in [6.45, 7) is 5.01. The van der Waals surface area contributed by atoms with Gasteiger partial charge in [-0.05, 0) is 19.3 Å². The van der Waals surface area contributed by atoms with Crippen molar-refractivity contribution < 1.29 is 4.79 Å². The molecule has 2 rings (SSSR count). The van der Waals surface area contributed by atoms with Gasteiger partial charge in [-0.15, -0.1) is 0 Å². The molecule has 1 aliphatic heterocycles. The number of nitrogens with zero attached hydrogens (tertiary/aromatic N) is 3. The Labute approximate surface area is 126 Å². The minimum absolute atomic E-state index is 0.0606. The van der Waals surface area contributed by atoms with Crippen molar-refractivity contribution in [2.75, 3.05) is 30.9 Å². The molecule has 1 amide bonds. The van der Waals surface area contributed by atoms with E-state index in [1.807, 2.05) is 13.1 Å². The van der Waals surface area contributed by atoms with E-state index in [2.05, 4.69) is 39.3 Å². The molecule has 0 bridgehead atoms. The highest BCUT2D eigenvalue weighted by atomic mass is 16.2. The van der Waals surface area contributed by atoms with Gasteiger partial charge in [0.05, 0.1) is 0 Å². The number of aromatic nitrogens is 2. The lowest BCUT2D eigenvalue weighted by molar-refractivity contribution is -0.122. The molecule has 6 nitrogen and oxygen atoms in total. The van der Waals surface area contributed by atoms with Crippen LogP contribution in [0.15, 0.2) is 6.07 Å². The molecule has 6 heteroatoms. The van der Waals surface area contributed by atoms with Gasteiger partial charge in [0.25, 0.3) is 0 Å². The Morgan fingerprint density at radius 3 is 2.71 bits per heavy atom. The molecule has 0 saturated carbocycles. The lowest BCUT2D eigenvalue weighted by atomic mass is 10.0. The van der Waals surface area contributed by atoms with Crippen molar-refractivity contribution in [2.24, 2.45) is 0 Å². The van der Waals surface area contributed by atoms with Crippen LogP contribution >= 0.6 is 0 Å². The van der Waals surface area contributed by atoms with Crippen LogP contribution < -0.4 is 15.5 Å². The minimum Gasteiger partial charge on any atom is -0.373 e. The predicted molar refractivity (Wildman–Crippen MR) is 84.7 cm³/mol. The fourth-order valence-corrected chi connectivity index (χ4v) is 2.63. The number of carbonyl (C=O) groups is 1. The molecule has 2 N–H and O–H groups in total. The van der Waals surface area contributed by atoms with E-state index in [9.17, 15) is 4.79 Å². The van der Waals surface area contributed by atoms with E-state index in [1.165, 1.54) is 0 Å². The number of hydrogen-bond acceptors (Lipinski definition) is 5. The molecule has 1 aliphatic rings. The fourth-order valence-electron chi connectivity index (χ4n) is 2.63. The summed E-state index contributed by atoms with van der Waals surface area (Å²) in [6, 6.07) is 1.79. The molecule has 116 valence electrons. The first kappa shape index (κ1) is 15.5. The molecule has 2 heterocycles. The second-order valence-corrected chi connectivity index (χ2v) is 5.69. The zero-order chi connectivity index (χ0) is 15.4. The first-order valence-corrected chi connectivity index (χ1v) is 7.61. The average Bonchev–Trinajstić information content (AvgIpc) is 2.53. The van der Waals surface area contributed by atoms with Crippen LogP contribution in [0.1, 0.15) is 44.9 Å². The lowest BCUT2D eigenvalue weighted by Gasteiger charge is -2.35. The Balaban J connectivity index is 2.37. The van der Waals surface area contributed by atoms with Crippen LogP contribution in [0.2, 0.25) is 0 Å². The van der Waals surface area contributed by atoms with E-state index in [-0.39, 0.29) is 17.9 Å². The van der Waals surface area contributed by atoms with Crippen LogP contribution in [0.4, 0.5) is 11.6 Å². The molecule has 0 aromatic carbocycles. The summed E-state index contributed by atoms with van der Waals surface area (Å²) in [5.41, 5.74) is 0. The maximum absolute atomic E-state index is 12.1. The Bertz CT molecular complexity index is 503. The number of rotatable bonds is 4. The smallest absolute Gasteiger partial charge is 0.242 e. The van der Waals surface area contributed by atoms with Crippen LogP contribution in [-0.2, 0) is 4.79 Å². The third kappa shape index (κ3) is 3.43. The van der Waals surface area contributed by atoms with E-state index in [1.54, 1.807) is 7.05 Å². The predicted octanol–water partition coefficient (Wildman–Crippen LogP) is 1.75. The monoisotopic (exact) mass is 291 g/mol. The van der Waals surface area contributed by atoms with Gasteiger partial charge in [-0.25, -0.2) is 9.97 Å². The SMILES string of the molecule is CNC(=O)C1CCCCN1c1cc(NC)nc(C(C)C)n1. The maximum atomic E-state index is 12.1. The van der Waals surface area contributed by atoms with Gasteiger partial charge in [-0.3, -0.25) is 4.79 Å². The molecular formula is C15H25N5O. The van der Waals surface area contributed by atoms with Crippen LogP contribution in [0.3, 0.4) is 0 Å².